The van der Waals surface area contributed by atoms with Crippen molar-refractivity contribution in [3.05, 3.63) is 129 Å². The van der Waals surface area contributed by atoms with Gasteiger partial charge in [0.05, 0.1) is 17.0 Å². The van der Waals surface area contributed by atoms with Gasteiger partial charge in [-0.05, 0) is 82.6 Å². The number of aryl methyl sites for hydroxylation is 2. The zero-order valence-electron chi connectivity index (χ0n) is 26.3. The third-order valence-corrected chi connectivity index (χ3v) is 8.99. The van der Waals surface area contributed by atoms with E-state index < -0.39 is 18.4 Å². The molecule has 0 atom stereocenters. The quantitative estimate of drug-likeness (QED) is 0.137. The van der Waals surface area contributed by atoms with Crippen LogP contribution in [0.4, 0.5) is 17.6 Å². The van der Waals surface area contributed by atoms with E-state index in [4.69, 9.17) is 9.97 Å². The number of aromatic nitrogens is 2. The highest BCUT2D eigenvalue weighted by Gasteiger charge is 2.37. The lowest BCUT2D eigenvalue weighted by atomic mass is 9.93. The minimum atomic E-state index is -4.51. The topological polar surface area (TPSA) is 121 Å². The van der Waals surface area contributed by atoms with Crippen molar-refractivity contribution in [1.29, 1.82) is 21.0 Å². The van der Waals surface area contributed by atoms with Crippen LogP contribution in [0.25, 0.3) is 55.9 Å². The van der Waals surface area contributed by atoms with Crippen LogP contribution >= 0.6 is 0 Å². The van der Waals surface area contributed by atoms with Crippen LogP contribution in [0.2, 0.25) is 0 Å². The highest BCUT2D eigenvalue weighted by Crippen LogP contribution is 2.51. The molecule has 2 aliphatic carbocycles. The molecule has 7 rings (SSSR count). The first-order chi connectivity index (χ1) is 24.0. The molecule has 10 heteroatoms. The molecule has 0 unspecified atom stereocenters. The average Bonchev–Trinajstić information content (AvgIpc) is 3.59. The SMILES string of the molecule is Cc1ccc(-c2ccc3c(c2)C(=C(C#N)C#N)c2nc4c(nc2-3)C(=C(C#N)C#N)c2cc(-c3ccc(C(F)(F)F)cc3C)ccc2-4)c(CF)c1. The van der Waals surface area contributed by atoms with E-state index in [1.165, 1.54) is 6.07 Å². The Kier molecular flexibility index (Phi) is 7.40. The van der Waals surface area contributed by atoms with Gasteiger partial charge in [-0.15, -0.1) is 0 Å². The second-order valence-electron chi connectivity index (χ2n) is 11.9. The lowest BCUT2D eigenvalue weighted by Gasteiger charge is -2.12. The Hall–Kier alpha value is -6.88. The van der Waals surface area contributed by atoms with Crippen LogP contribution in [0.3, 0.4) is 0 Å². The standard InChI is InChI=1S/C40H20F4N6/c1-20-3-7-29(24(11-20)15-41)23-5-9-31-33(14-23)35(26(18-47)19-48)39-37(31)50-38-34(25(16-45)17-46)32-13-22(4-8-30(32)36(38)49-39)28-10-6-27(12-21(28)2)40(42,43)44/h3-14H,15H2,1-2H3. The Morgan fingerprint density at radius 2 is 1.06 bits per heavy atom. The van der Waals surface area contributed by atoms with Gasteiger partial charge >= 0.3 is 6.18 Å². The van der Waals surface area contributed by atoms with Gasteiger partial charge in [0, 0.05) is 22.3 Å². The molecule has 0 spiro atoms. The number of allylic oxidation sites excluding steroid dienone is 2. The van der Waals surface area contributed by atoms with Crippen molar-refractivity contribution in [2.24, 2.45) is 0 Å². The summed E-state index contributed by atoms with van der Waals surface area (Å²) in [4.78, 5) is 9.87. The van der Waals surface area contributed by atoms with Crippen molar-refractivity contribution in [2.45, 2.75) is 26.7 Å². The molecule has 2 aliphatic rings. The van der Waals surface area contributed by atoms with Gasteiger partial charge in [-0.1, -0.05) is 54.1 Å². The first-order valence-electron chi connectivity index (χ1n) is 15.2. The van der Waals surface area contributed by atoms with E-state index in [0.29, 0.717) is 67.0 Å². The zero-order chi connectivity index (χ0) is 35.5. The van der Waals surface area contributed by atoms with Gasteiger partial charge in [-0.2, -0.15) is 34.2 Å². The maximum Gasteiger partial charge on any atom is 0.416 e. The fourth-order valence-corrected chi connectivity index (χ4v) is 6.72. The molecule has 0 bridgehead atoms. The molecule has 50 heavy (non-hydrogen) atoms. The Labute approximate surface area is 283 Å². The number of benzene rings is 4. The third kappa shape index (κ3) is 4.83. The van der Waals surface area contributed by atoms with Crippen LogP contribution in [0.1, 0.15) is 44.8 Å². The summed E-state index contributed by atoms with van der Waals surface area (Å²) in [5, 5.41) is 40.1. The van der Waals surface area contributed by atoms with Gasteiger partial charge in [0.1, 0.15) is 53.5 Å². The lowest BCUT2D eigenvalue weighted by Crippen LogP contribution is -2.05. The van der Waals surface area contributed by atoms with E-state index in [9.17, 15) is 38.6 Å². The van der Waals surface area contributed by atoms with Gasteiger partial charge in [0.2, 0.25) is 0 Å². The molecule has 4 aromatic carbocycles. The molecule has 0 aliphatic heterocycles. The number of fused-ring (bicyclic) bond motifs is 6. The maximum absolute atomic E-state index is 14.1. The van der Waals surface area contributed by atoms with E-state index in [0.717, 1.165) is 17.7 Å². The van der Waals surface area contributed by atoms with Gasteiger partial charge < -0.3 is 0 Å². The number of halogens is 4. The van der Waals surface area contributed by atoms with Crippen molar-refractivity contribution >= 4 is 11.1 Å². The normalized spacial score (nSPS) is 12.1. The summed E-state index contributed by atoms with van der Waals surface area (Å²) in [6, 6.07) is 27.2. The summed E-state index contributed by atoms with van der Waals surface area (Å²) < 4.78 is 54.2. The van der Waals surface area contributed by atoms with Crippen LogP contribution in [0.15, 0.2) is 83.9 Å². The summed E-state index contributed by atoms with van der Waals surface area (Å²) >= 11 is 0. The molecule has 1 heterocycles. The molecule has 238 valence electrons. The largest absolute Gasteiger partial charge is 0.416 e. The molecule has 0 saturated heterocycles. The molecule has 0 amide bonds. The molecule has 0 saturated carbocycles. The van der Waals surface area contributed by atoms with Gasteiger partial charge in [-0.3, -0.25) is 0 Å². The van der Waals surface area contributed by atoms with Crippen LogP contribution in [-0.4, -0.2) is 9.97 Å². The van der Waals surface area contributed by atoms with E-state index in [1.54, 1.807) is 49.4 Å². The second-order valence-corrected chi connectivity index (χ2v) is 11.9. The Balaban J connectivity index is 1.45. The second kappa shape index (κ2) is 11.7. The predicted molar refractivity (Wildman–Crippen MR) is 178 cm³/mol. The smallest absolute Gasteiger partial charge is 0.246 e. The fourth-order valence-electron chi connectivity index (χ4n) is 6.72. The van der Waals surface area contributed by atoms with Gasteiger partial charge in [-0.25, -0.2) is 14.4 Å². The van der Waals surface area contributed by atoms with Crippen LogP contribution in [-0.2, 0) is 12.9 Å². The molecule has 5 aromatic rings. The first kappa shape index (κ1) is 31.7. The van der Waals surface area contributed by atoms with Crippen molar-refractivity contribution in [1.82, 2.24) is 9.97 Å². The number of nitriles is 4. The molecular formula is C40H20F4N6. The molecule has 0 N–H and O–H groups in total. The number of hydrogen-bond acceptors (Lipinski definition) is 6. The fraction of sp³-hybridized carbons (Fsp3) is 0.100. The van der Waals surface area contributed by atoms with E-state index in [1.807, 2.05) is 43.3 Å². The summed E-state index contributed by atoms with van der Waals surface area (Å²) in [6.45, 7) is 2.75. The molecular weight excluding hydrogens is 640 g/mol. The summed E-state index contributed by atoms with van der Waals surface area (Å²) in [5.74, 6) is 0. The van der Waals surface area contributed by atoms with Crippen molar-refractivity contribution in [2.75, 3.05) is 0 Å². The predicted octanol–water partition coefficient (Wildman–Crippen LogP) is 9.57. The molecule has 1 aromatic heterocycles. The minimum Gasteiger partial charge on any atom is -0.246 e. The number of hydrogen-bond donors (Lipinski definition) is 0. The number of nitrogens with zero attached hydrogens (tertiary/aromatic N) is 6. The summed E-state index contributed by atoms with van der Waals surface area (Å²) in [5.41, 5.74) is 6.57. The van der Waals surface area contributed by atoms with Crippen LogP contribution < -0.4 is 0 Å². The first-order valence-corrected chi connectivity index (χ1v) is 15.2. The van der Waals surface area contributed by atoms with E-state index >= 15 is 0 Å². The van der Waals surface area contributed by atoms with E-state index in [-0.39, 0.29) is 33.7 Å². The summed E-state index contributed by atoms with van der Waals surface area (Å²) in [6.07, 6.45) is -4.51. The van der Waals surface area contributed by atoms with Crippen LogP contribution in [0.5, 0.6) is 0 Å². The Bertz CT molecular complexity index is 2550. The molecule has 0 radical (unpaired) electrons. The van der Waals surface area contributed by atoms with Crippen molar-refractivity contribution < 1.29 is 17.6 Å². The van der Waals surface area contributed by atoms with Gasteiger partial charge in [0.25, 0.3) is 0 Å². The highest BCUT2D eigenvalue weighted by molar-refractivity contribution is 6.07. The highest BCUT2D eigenvalue weighted by atomic mass is 19.4. The average molecular weight is 661 g/mol. The van der Waals surface area contributed by atoms with Crippen molar-refractivity contribution in [3.8, 4) is 69.0 Å². The Morgan fingerprint density at radius 3 is 1.52 bits per heavy atom. The third-order valence-electron chi connectivity index (χ3n) is 8.99. The monoisotopic (exact) mass is 660 g/mol. The molecule has 0 fully saturated rings. The number of rotatable bonds is 3. The lowest BCUT2D eigenvalue weighted by molar-refractivity contribution is -0.137. The van der Waals surface area contributed by atoms with Crippen molar-refractivity contribution in [3.63, 3.8) is 0 Å². The maximum atomic E-state index is 14.1. The minimum absolute atomic E-state index is 0.206. The van der Waals surface area contributed by atoms with Gasteiger partial charge in [0.15, 0.2) is 0 Å². The van der Waals surface area contributed by atoms with E-state index in [2.05, 4.69) is 0 Å². The summed E-state index contributed by atoms with van der Waals surface area (Å²) in [7, 11) is 0. The van der Waals surface area contributed by atoms with Crippen LogP contribution in [0, 0.1) is 59.2 Å². The zero-order valence-corrected chi connectivity index (χ0v) is 26.3. The Morgan fingerprint density at radius 1 is 0.580 bits per heavy atom. The molecule has 6 nitrogen and oxygen atoms in total. The number of alkyl halides is 4.